The average molecular weight is 702 g/mol. The molecule has 0 spiro atoms. The van der Waals surface area contributed by atoms with Gasteiger partial charge in [0, 0.05) is 34.7 Å². The Morgan fingerprint density at radius 1 is 1.18 bits per heavy atom. The molecule has 0 fully saturated rings. The van der Waals surface area contributed by atoms with Crippen LogP contribution in [0.2, 0.25) is 0 Å². The zero-order chi connectivity index (χ0) is 34.5. The van der Waals surface area contributed by atoms with E-state index in [-0.39, 0.29) is 30.6 Å². The number of hydrogen-bond acceptors (Lipinski definition) is 12. The number of halogens is 1. The maximum Gasteiger partial charge on any atom is 0.355 e. The molecule has 0 bridgehead atoms. The molecule has 0 saturated heterocycles. The number of rotatable bonds is 12. The lowest BCUT2D eigenvalue weighted by Gasteiger charge is -2.34. The minimum absolute atomic E-state index is 0.0267. The first kappa shape index (κ1) is 34.2. The van der Waals surface area contributed by atoms with Crippen LogP contribution in [0.3, 0.4) is 0 Å². The molecule has 254 valence electrons. The molecule has 49 heavy (non-hydrogen) atoms. The van der Waals surface area contributed by atoms with Crippen molar-refractivity contribution in [3.05, 3.63) is 75.5 Å². The van der Waals surface area contributed by atoms with E-state index >= 15 is 0 Å². The Kier molecular flexibility index (Phi) is 10.6. The van der Waals surface area contributed by atoms with E-state index in [2.05, 4.69) is 37.3 Å². The third kappa shape index (κ3) is 7.97. The van der Waals surface area contributed by atoms with Gasteiger partial charge in [0.25, 0.3) is 0 Å². The first-order chi connectivity index (χ1) is 23.7. The second-order valence-corrected chi connectivity index (χ2v) is 14.1. The minimum Gasteiger partial charge on any atom is -0.491 e. The van der Waals surface area contributed by atoms with E-state index in [1.807, 2.05) is 55.1 Å². The molecule has 5 aromatic rings. The highest BCUT2D eigenvalue weighted by atomic mass is 32.1. The quantitative estimate of drug-likeness (QED) is 0.104. The Balaban J connectivity index is 1.18. The van der Waals surface area contributed by atoms with Gasteiger partial charge < -0.3 is 25.2 Å². The van der Waals surface area contributed by atoms with Gasteiger partial charge in [-0.15, -0.1) is 21.5 Å². The highest BCUT2D eigenvalue weighted by Gasteiger charge is 2.32. The number of nitrogens with zero attached hydrogens (tertiary/aromatic N) is 6. The predicted octanol–water partition coefficient (Wildman–Crippen LogP) is 6.05. The molecule has 1 aliphatic heterocycles. The number of aryl methyl sites for hydroxylation is 1. The summed E-state index contributed by atoms with van der Waals surface area (Å²) in [6.45, 7) is 3.28. The lowest BCUT2D eigenvalue weighted by molar-refractivity contribution is 0.0690. The molecular formula is C35H36FN7O4S2. The third-order valence-corrected chi connectivity index (χ3v) is 10.1. The molecule has 11 nitrogen and oxygen atoms in total. The lowest BCUT2D eigenvalue weighted by Crippen LogP contribution is -2.34. The van der Waals surface area contributed by atoms with E-state index < -0.39 is 11.8 Å². The number of nitrogens with one attached hydrogen (secondary N) is 1. The molecule has 0 saturated carbocycles. The number of hydrogen-bond donors (Lipinski definition) is 3. The van der Waals surface area contributed by atoms with Crippen molar-refractivity contribution in [2.75, 3.05) is 50.6 Å². The van der Waals surface area contributed by atoms with E-state index in [1.165, 1.54) is 28.7 Å². The van der Waals surface area contributed by atoms with Gasteiger partial charge in [0.05, 0.1) is 23.4 Å². The van der Waals surface area contributed by atoms with Crippen LogP contribution < -0.4 is 15.0 Å². The maximum absolute atomic E-state index is 14.7. The fourth-order valence-corrected chi connectivity index (χ4v) is 7.56. The fourth-order valence-electron chi connectivity index (χ4n) is 5.59. The summed E-state index contributed by atoms with van der Waals surface area (Å²) in [5, 5.41) is 33.5. The first-order valence-corrected chi connectivity index (χ1v) is 17.5. The molecule has 14 heteroatoms. The zero-order valence-electron chi connectivity index (χ0n) is 27.4. The normalized spacial score (nSPS) is 14.1. The van der Waals surface area contributed by atoms with E-state index in [1.54, 1.807) is 12.1 Å². The van der Waals surface area contributed by atoms with Crippen LogP contribution in [-0.4, -0.2) is 81.6 Å². The molecule has 0 amide bonds. The van der Waals surface area contributed by atoms with Gasteiger partial charge in [0.2, 0.25) is 0 Å². The number of carboxylic acid groups (broad SMARTS) is 1. The van der Waals surface area contributed by atoms with Gasteiger partial charge in [-0.2, -0.15) is 0 Å². The summed E-state index contributed by atoms with van der Waals surface area (Å²) in [4.78, 5) is 25.9. The molecule has 6 rings (SSSR count). The van der Waals surface area contributed by atoms with Gasteiger partial charge >= 0.3 is 5.97 Å². The molecule has 3 N–H and O–H groups in total. The summed E-state index contributed by atoms with van der Waals surface area (Å²) < 4.78 is 21.4. The van der Waals surface area contributed by atoms with E-state index in [0.717, 1.165) is 21.3 Å². The van der Waals surface area contributed by atoms with Crippen LogP contribution in [0.1, 0.15) is 44.9 Å². The summed E-state index contributed by atoms with van der Waals surface area (Å²) in [5.74, 6) is 5.71. The number of carboxylic acids is 1. The van der Waals surface area contributed by atoms with Crippen molar-refractivity contribution in [2.45, 2.75) is 32.6 Å². The van der Waals surface area contributed by atoms with Crippen LogP contribution in [0.5, 0.6) is 5.75 Å². The van der Waals surface area contributed by atoms with Crippen LogP contribution >= 0.6 is 22.7 Å². The van der Waals surface area contributed by atoms with Crippen LogP contribution in [0.4, 0.5) is 26.3 Å². The lowest BCUT2D eigenvalue weighted by atomic mass is 9.90. The summed E-state index contributed by atoms with van der Waals surface area (Å²) in [7, 11) is 3.82. The first-order valence-electron chi connectivity index (χ1n) is 15.9. The second-order valence-electron chi connectivity index (χ2n) is 12.0. The molecule has 1 aliphatic rings. The Hall–Kier alpha value is -4.68. The van der Waals surface area contributed by atoms with Gasteiger partial charge in [-0.3, -0.25) is 4.90 Å². The SMILES string of the molecule is Cc1c(Nc2nc3ccccc3s2)nnc2c1CC(CCO)CN2c1nc(C(=O)O)c(CCCOc2ccc(C#CCN(C)C)cc2F)s1. The van der Waals surface area contributed by atoms with Crippen LogP contribution in [0, 0.1) is 30.5 Å². The summed E-state index contributed by atoms with van der Waals surface area (Å²) >= 11 is 2.82. The smallest absolute Gasteiger partial charge is 0.355 e. The average Bonchev–Trinajstić information content (AvgIpc) is 3.69. The highest BCUT2D eigenvalue weighted by Crippen LogP contribution is 2.41. The Bertz CT molecular complexity index is 2000. The molecule has 4 heterocycles. The fraction of sp³-hybridized carbons (Fsp3) is 0.343. The monoisotopic (exact) mass is 701 g/mol. The standard InChI is InChI=1S/C35H36FN7O4S2/c1-21-24-18-23(14-16-44)20-43(32(24)41-40-31(21)39-34-37-26-9-4-5-10-28(26)48-34)35-38-30(33(45)46)29(49-35)11-7-17-47-27-13-12-22(19-25(27)36)8-6-15-42(2)3/h4-5,9-10,12-13,19,23,44H,7,11,14-18,20H2,1-3H3,(H,45,46)(H,37,39,40). The topological polar surface area (TPSA) is 137 Å². The van der Waals surface area contributed by atoms with Crippen molar-refractivity contribution in [1.29, 1.82) is 0 Å². The number of benzene rings is 2. The molecular weight excluding hydrogens is 666 g/mol. The van der Waals surface area contributed by atoms with Crippen molar-refractivity contribution >= 4 is 60.8 Å². The van der Waals surface area contributed by atoms with Gasteiger partial charge in [0.1, 0.15) is 0 Å². The van der Waals surface area contributed by atoms with Crippen molar-refractivity contribution in [2.24, 2.45) is 5.92 Å². The van der Waals surface area contributed by atoms with Crippen molar-refractivity contribution < 1.29 is 24.1 Å². The number of anilines is 4. The number of aromatic carboxylic acids is 1. The van der Waals surface area contributed by atoms with Crippen LogP contribution in [0.25, 0.3) is 10.2 Å². The molecule has 1 atom stereocenters. The maximum atomic E-state index is 14.7. The van der Waals surface area contributed by atoms with E-state index in [0.29, 0.717) is 71.1 Å². The third-order valence-electron chi connectivity index (χ3n) is 8.05. The van der Waals surface area contributed by atoms with Crippen molar-refractivity contribution in [3.8, 4) is 17.6 Å². The van der Waals surface area contributed by atoms with Gasteiger partial charge in [-0.05, 0) is 83.0 Å². The van der Waals surface area contributed by atoms with Gasteiger partial charge in [-0.25, -0.2) is 19.2 Å². The minimum atomic E-state index is -1.13. The second kappa shape index (κ2) is 15.3. The summed E-state index contributed by atoms with van der Waals surface area (Å²) in [5.41, 5.74) is 3.30. The number of thiazole rings is 2. The molecule has 0 radical (unpaired) electrons. The Morgan fingerprint density at radius 2 is 2.02 bits per heavy atom. The Morgan fingerprint density at radius 3 is 2.78 bits per heavy atom. The molecule has 2 aromatic carbocycles. The largest absolute Gasteiger partial charge is 0.491 e. The molecule has 3 aromatic heterocycles. The number of carbonyl (C=O) groups is 1. The van der Waals surface area contributed by atoms with Crippen molar-refractivity contribution in [1.82, 2.24) is 25.1 Å². The number of ether oxygens (including phenoxy) is 1. The number of fused-ring (bicyclic) bond motifs is 2. The number of aromatic nitrogens is 4. The van der Waals surface area contributed by atoms with Gasteiger partial charge in [0.15, 0.2) is 39.2 Å². The zero-order valence-corrected chi connectivity index (χ0v) is 29.0. The van der Waals surface area contributed by atoms with Crippen LogP contribution in [0.15, 0.2) is 42.5 Å². The molecule has 0 aliphatic carbocycles. The number of aliphatic hydroxyl groups excluding tert-OH is 1. The summed E-state index contributed by atoms with van der Waals surface area (Å²) in [6, 6.07) is 12.5. The van der Waals surface area contributed by atoms with E-state index in [9.17, 15) is 19.4 Å². The number of para-hydroxylation sites is 1. The summed E-state index contributed by atoms with van der Waals surface area (Å²) in [6.07, 6.45) is 2.09. The van der Waals surface area contributed by atoms with E-state index in [4.69, 9.17) is 4.74 Å². The number of aliphatic hydroxyl groups is 1. The predicted molar refractivity (Wildman–Crippen MR) is 190 cm³/mol. The van der Waals surface area contributed by atoms with Crippen LogP contribution in [-0.2, 0) is 12.8 Å². The highest BCUT2D eigenvalue weighted by molar-refractivity contribution is 7.22. The Labute approximate surface area is 291 Å². The molecule has 1 unspecified atom stereocenters. The van der Waals surface area contributed by atoms with Gasteiger partial charge in [-0.1, -0.05) is 35.3 Å². The van der Waals surface area contributed by atoms with Crippen molar-refractivity contribution in [3.63, 3.8) is 0 Å².